The molecule has 3 N–H and O–H groups in total. The molecule has 0 aliphatic rings. The van der Waals surface area contributed by atoms with Gasteiger partial charge in [0.25, 0.3) is 0 Å². The van der Waals surface area contributed by atoms with E-state index < -0.39 is 0 Å². The van der Waals surface area contributed by atoms with E-state index in [4.69, 9.17) is 22.7 Å². The van der Waals surface area contributed by atoms with Gasteiger partial charge in [0.15, 0.2) is 0 Å². The van der Waals surface area contributed by atoms with Gasteiger partial charge in [-0.25, -0.2) is 4.79 Å². The van der Waals surface area contributed by atoms with Crippen LogP contribution >= 0.6 is 11.6 Å². The number of nitrogens with two attached hydrogens (primary N) is 1. The number of hydrogen-bond acceptors (Lipinski definition) is 5. The van der Waals surface area contributed by atoms with Gasteiger partial charge in [0.1, 0.15) is 0 Å². The number of nitrogen functional groups attached to an aromatic ring is 1. The summed E-state index contributed by atoms with van der Waals surface area (Å²) < 4.78 is 4.63. The summed E-state index contributed by atoms with van der Waals surface area (Å²) in [6, 6.07) is 19.4. The maximum atomic E-state index is 11.3. The Morgan fingerprint density at radius 1 is 1.13 bits per heavy atom. The van der Waals surface area contributed by atoms with Gasteiger partial charge in [-0.1, -0.05) is 41.9 Å². The van der Waals surface area contributed by atoms with Crippen LogP contribution in [-0.2, 0) is 16.1 Å². The summed E-state index contributed by atoms with van der Waals surface area (Å²) in [7, 11) is 3.34. The molecule has 0 unspecified atom stereocenters. The van der Waals surface area contributed by atoms with Gasteiger partial charge in [0.05, 0.1) is 7.11 Å². The second kappa shape index (κ2) is 9.96. The van der Waals surface area contributed by atoms with Crippen LogP contribution in [0.15, 0.2) is 66.7 Å². The lowest BCUT2D eigenvalue weighted by Gasteiger charge is -2.21. The van der Waals surface area contributed by atoms with Crippen LogP contribution < -0.4 is 10.6 Å². The van der Waals surface area contributed by atoms with Crippen LogP contribution in [0.5, 0.6) is 0 Å². The van der Waals surface area contributed by atoms with E-state index in [1.54, 1.807) is 12.1 Å². The van der Waals surface area contributed by atoms with Crippen molar-refractivity contribution in [2.24, 2.45) is 0 Å². The van der Waals surface area contributed by atoms with E-state index in [-0.39, 0.29) is 5.97 Å². The quantitative estimate of drug-likeness (QED) is 0.226. The van der Waals surface area contributed by atoms with Crippen LogP contribution in [0.25, 0.3) is 17.2 Å². The van der Waals surface area contributed by atoms with Crippen molar-refractivity contribution in [3.63, 3.8) is 0 Å². The van der Waals surface area contributed by atoms with Gasteiger partial charge in [0, 0.05) is 47.8 Å². The van der Waals surface area contributed by atoms with Crippen molar-refractivity contribution in [1.29, 1.82) is 5.41 Å². The standard InChI is InChI=1S/C25H24ClN3O2/c1-29(22-5-3-4-17(12-22)6-11-25(30)31-2)16-20-8-7-19(14-23(20)26)18-9-10-24(28)21(13-18)15-27/h3-15,27H,16,28H2,1-2H3/b11-6+,27-15?. The van der Waals surface area contributed by atoms with E-state index in [1.165, 1.54) is 19.4 Å². The number of ether oxygens (including phenoxy) is 1. The molecule has 5 nitrogen and oxygen atoms in total. The van der Waals surface area contributed by atoms with E-state index in [1.807, 2.05) is 61.6 Å². The molecule has 0 saturated carbocycles. The molecule has 0 spiro atoms. The first-order valence-electron chi connectivity index (χ1n) is 9.67. The first kappa shape index (κ1) is 22.1. The van der Waals surface area contributed by atoms with E-state index in [0.29, 0.717) is 22.8 Å². The smallest absolute Gasteiger partial charge is 0.330 e. The third kappa shape index (κ3) is 5.53. The summed E-state index contributed by atoms with van der Waals surface area (Å²) in [5.74, 6) is -0.389. The van der Waals surface area contributed by atoms with E-state index in [2.05, 4.69) is 9.64 Å². The van der Waals surface area contributed by atoms with Crippen molar-refractivity contribution in [1.82, 2.24) is 0 Å². The Morgan fingerprint density at radius 2 is 1.87 bits per heavy atom. The summed E-state index contributed by atoms with van der Waals surface area (Å²) in [5, 5.41) is 8.15. The van der Waals surface area contributed by atoms with Gasteiger partial charge >= 0.3 is 5.97 Å². The summed E-state index contributed by atoms with van der Waals surface area (Å²) in [5.41, 5.74) is 12.0. The minimum absolute atomic E-state index is 0.389. The summed E-state index contributed by atoms with van der Waals surface area (Å²) in [6.07, 6.45) is 4.37. The van der Waals surface area contributed by atoms with Crippen LogP contribution in [0.4, 0.5) is 11.4 Å². The SMILES string of the molecule is COC(=O)/C=C/c1cccc(N(C)Cc2ccc(-c3ccc(N)c(C=N)c3)cc2Cl)c1. The summed E-state index contributed by atoms with van der Waals surface area (Å²) >= 11 is 6.59. The summed E-state index contributed by atoms with van der Waals surface area (Å²) in [6.45, 7) is 0.622. The minimum atomic E-state index is -0.389. The predicted molar refractivity (Wildman–Crippen MR) is 129 cm³/mol. The van der Waals surface area contributed by atoms with E-state index >= 15 is 0 Å². The Hall–Kier alpha value is -3.57. The molecule has 3 aromatic rings. The molecule has 0 radical (unpaired) electrons. The normalized spacial score (nSPS) is 10.8. The molecule has 0 heterocycles. The number of esters is 1. The summed E-state index contributed by atoms with van der Waals surface area (Å²) in [4.78, 5) is 13.4. The van der Waals surface area contributed by atoms with E-state index in [0.717, 1.165) is 27.9 Å². The first-order chi connectivity index (χ1) is 14.9. The maximum Gasteiger partial charge on any atom is 0.330 e. The average Bonchev–Trinajstić information content (AvgIpc) is 2.79. The lowest BCUT2D eigenvalue weighted by atomic mass is 10.0. The molecule has 0 aromatic heterocycles. The second-order valence-corrected chi connectivity index (χ2v) is 7.51. The van der Waals surface area contributed by atoms with Crippen LogP contribution in [0.3, 0.4) is 0 Å². The second-order valence-electron chi connectivity index (χ2n) is 7.10. The topological polar surface area (TPSA) is 79.4 Å². The van der Waals surface area contributed by atoms with Crippen LogP contribution in [0.1, 0.15) is 16.7 Å². The number of benzene rings is 3. The Morgan fingerprint density at radius 3 is 2.58 bits per heavy atom. The van der Waals surface area contributed by atoms with Gasteiger partial charge in [-0.3, -0.25) is 0 Å². The number of rotatable bonds is 7. The lowest BCUT2D eigenvalue weighted by molar-refractivity contribution is -0.134. The average molecular weight is 434 g/mol. The highest BCUT2D eigenvalue weighted by Crippen LogP contribution is 2.29. The number of carbonyl (C=O) groups is 1. The first-order valence-corrected chi connectivity index (χ1v) is 10.0. The fourth-order valence-corrected chi connectivity index (χ4v) is 3.42. The molecule has 0 bridgehead atoms. The highest BCUT2D eigenvalue weighted by Gasteiger charge is 2.09. The Bertz CT molecular complexity index is 1140. The highest BCUT2D eigenvalue weighted by atomic mass is 35.5. The molecule has 0 aliphatic heterocycles. The fraction of sp³-hybridized carbons (Fsp3) is 0.120. The molecule has 6 heteroatoms. The zero-order valence-electron chi connectivity index (χ0n) is 17.4. The number of halogens is 1. The molecule has 3 aromatic carbocycles. The maximum absolute atomic E-state index is 11.3. The zero-order chi connectivity index (χ0) is 22.4. The number of carbonyl (C=O) groups excluding carboxylic acids is 1. The van der Waals surface area contributed by atoms with Crippen molar-refractivity contribution < 1.29 is 9.53 Å². The molecular formula is C25H24ClN3O2. The molecule has 0 atom stereocenters. The molecule has 3 rings (SSSR count). The largest absolute Gasteiger partial charge is 0.466 e. The third-order valence-corrected chi connectivity index (χ3v) is 5.31. The van der Waals surface area contributed by atoms with Gasteiger partial charge in [-0.2, -0.15) is 0 Å². The Labute approximate surface area is 187 Å². The highest BCUT2D eigenvalue weighted by molar-refractivity contribution is 6.31. The van der Waals surface area contributed by atoms with Crippen molar-refractivity contribution in [3.05, 3.63) is 88.5 Å². The third-order valence-electron chi connectivity index (χ3n) is 4.96. The van der Waals surface area contributed by atoms with Crippen LogP contribution in [0.2, 0.25) is 5.02 Å². The molecule has 31 heavy (non-hydrogen) atoms. The molecule has 0 fully saturated rings. The van der Waals surface area contributed by atoms with Crippen molar-refractivity contribution in [3.8, 4) is 11.1 Å². The van der Waals surface area contributed by atoms with Crippen molar-refractivity contribution >= 4 is 41.2 Å². The lowest BCUT2D eigenvalue weighted by Crippen LogP contribution is -2.16. The monoisotopic (exact) mass is 433 g/mol. The Balaban J connectivity index is 1.78. The van der Waals surface area contributed by atoms with E-state index in [9.17, 15) is 4.79 Å². The van der Waals surface area contributed by atoms with Crippen molar-refractivity contribution in [2.45, 2.75) is 6.54 Å². The van der Waals surface area contributed by atoms with Crippen LogP contribution in [0, 0.1) is 5.41 Å². The molecule has 0 aliphatic carbocycles. The predicted octanol–water partition coefficient (Wildman–Crippen LogP) is 5.41. The number of hydrogen-bond donors (Lipinski definition) is 2. The molecule has 158 valence electrons. The number of methoxy groups -OCH3 is 1. The van der Waals surface area contributed by atoms with Crippen molar-refractivity contribution in [2.75, 3.05) is 24.8 Å². The zero-order valence-corrected chi connectivity index (χ0v) is 18.2. The minimum Gasteiger partial charge on any atom is -0.466 e. The van der Waals surface area contributed by atoms with Gasteiger partial charge in [0.2, 0.25) is 0 Å². The molecule has 0 amide bonds. The van der Waals surface area contributed by atoms with Gasteiger partial charge < -0.3 is 20.8 Å². The van der Waals surface area contributed by atoms with Gasteiger partial charge in [-0.05, 0) is 58.7 Å². The fourth-order valence-electron chi connectivity index (χ4n) is 3.18. The van der Waals surface area contributed by atoms with Gasteiger partial charge in [-0.15, -0.1) is 0 Å². The molecular weight excluding hydrogens is 410 g/mol. The number of nitrogens with one attached hydrogen (secondary N) is 1. The van der Waals surface area contributed by atoms with Crippen LogP contribution in [-0.4, -0.2) is 26.3 Å². The molecule has 0 saturated heterocycles. The number of anilines is 2. The Kier molecular flexibility index (Phi) is 7.11. The number of nitrogens with zero attached hydrogens (tertiary/aromatic N) is 1.